The molecule has 4 rings (SSSR count). The Kier molecular flexibility index (Phi) is 6.10. The number of rotatable bonds is 6. The molecule has 1 fully saturated rings. The molecule has 0 aromatic heterocycles. The van der Waals surface area contributed by atoms with E-state index in [0.717, 1.165) is 25.1 Å². The zero-order chi connectivity index (χ0) is 19.2. The molecular formula is C24H24FNOS. The molecule has 0 saturated carbocycles. The molecule has 0 aliphatic carbocycles. The summed E-state index contributed by atoms with van der Waals surface area (Å²) in [7, 11) is 0. The van der Waals surface area contributed by atoms with Gasteiger partial charge in [-0.05, 0) is 23.3 Å². The zero-order valence-electron chi connectivity index (χ0n) is 15.7. The van der Waals surface area contributed by atoms with Crippen molar-refractivity contribution in [3.8, 4) is 0 Å². The molecule has 1 aliphatic rings. The average molecular weight is 394 g/mol. The first-order valence-corrected chi connectivity index (χ1v) is 10.5. The van der Waals surface area contributed by atoms with Gasteiger partial charge in [0.25, 0.3) is 0 Å². The minimum absolute atomic E-state index is 0.0430. The second-order valence-electron chi connectivity index (χ2n) is 7.09. The van der Waals surface area contributed by atoms with Gasteiger partial charge in [0.2, 0.25) is 0 Å². The quantitative estimate of drug-likeness (QED) is 0.577. The monoisotopic (exact) mass is 393 g/mol. The third-order valence-electron chi connectivity index (χ3n) is 5.10. The smallest absolute Gasteiger partial charge is 0.136 e. The minimum Gasteiger partial charge on any atom is -0.370 e. The number of thioether (sulfide) groups is 1. The van der Waals surface area contributed by atoms with Gasteiger partial charge in [-0.25, -0.2) is 4.39 Å². The van der Waals surface area contributed by atoms with Crippen LogP contribution in [0.1, 0.15) is 16.4 Å². The summed E-state index contributed by atoms with van der Waals surface area (Å²) in [5, 5.41) is 3.47. The molecule has 0 spiro atoms. The summed E-state index contributed by atoms with van der Waals surface area (Å²) in [6.07, 6.45) is 0.766. The number of halogens is 1. The lowest BCUT2D eigenvalue weighted by Crippen LogP contribution is -2.54. The van der Waals surface area contributed by atoms with Crippen molar-refractivity contribution in [2.75, 3.05) is 19.7 Å². The van der Waals surface area contributed by atoms with Gasteiger partial charge >= 0.3 is 0 Å². The normalized spacial score (nSPS) is 20.6. The lowest BCUT2D eigenvalue weighted by atomic mass is 9.86. The number of nitrogens with one attached hydrogen (secondary N) is 1. The second kappa shape index (κ2) is 8.91. The number of hydrogen-bond donors (Lipinski definition) is 1. The number of benzene rings is 3. The fourth-order valence-electron chi connectivity index (χ4n) is 3.77. The molecule has 2 atom stereocenters. The first-order valence-electron chi connectivity index (χ1n) is 9.62. The van der Waals surface area contributed by atoms with E-state index in [1.54, 1.807) is 17.8 Å². The lowest BCUT2D eigenvalue weighted by Gasteiger charge is -2.44. The molecule has 0 amide bonds. The largest absolute Gasteiger partial charge is 0.370 e. The summed E-state index contributed by atoms with van der Waals surface area (Å²) in [5.41, 5.74) is 1.91. The highest BCUT2D eigenvalue weighted by Gasteiger charge is 2.43. The highest BCUT2D eigenvalue weighted by Crippen LogP contribution is 2.47. The molecule has 1 heterocycles. The Morgan fingerprint density at radius 1 is 0.929 bits per heavy atom. The summed E-state index contributed by atoms with van der Waals surface area (Å²) in [4.78, 5) is 0.651. The van der Waals surface area contributed by atoms with Crippen LogP contribution in [-0.4, -0.2) is 25.3 Å². The van der Waals surface area contributed by atoms with Crippen molar-refractivity contribution in [2.24, 2.45) is 0 Å². The summed E-state index contributed by atoms with van der Waals surface area (Å²) < 4.78 is 21.0. The van der Waals surface area contributed by atoms with Crippen LogP contribution in [0.3, 0.4) is 0 Å². The van der Waals surface area contributed by atoms with E-state index in [1.807, 2.05) is 36.4 Å². The van der Waals surface area contributed by atoms with Crippen molar-refractivity contribution in [1.29, 1.82) is 0 Å². The first-order chi connectivity index (χ1) is 13.8. The molecule has 4 heteroatoms. The third kappa shape index (κ3) is 4.30. The van der Waals surface area contributed by atoms with E-state index in [-0.39, 0.29) is 11.1 Å². The highest BCUT2D eigenvalue weighted by molar-refractivity contribution is 7.99. The lowest BCUT2D eigenvalue weighted by molar-refractivity contribution is -0.0670. The number of morpholine rings is 1. The van der Waals surface area contributed by atoms with Gasteiger partial charge in [0, 0.05) is 24.4 Å². The van der Waals surface area contributed by atoms with E-state index in [1.165, 1.54) is 11.6 Å². The van der Waals surface area contributed by atoms with Crippen LogP contribution in [0.15, 0.2) is 89.8 Å². The average Bonchev–Trinajstić information content (AvgIpc) is 2.75. The van der Waals surface area contributed by atoms with Crippen LogP contribution in [-0.2, 0) is 11.2 Å². The van der Waals surface area contributed by atoms with Crippen LogP contribution < -0.4 is 5.32 Å². The molecule has 2 nitrogen and oxygen atoms in total. The van der Waals surface area contributed by atoms with Crippen molar-refractivity contribution in [3.05, 3.63) is 102 Å². The van der Waals surface area contributed by atoms with Gasteiger partial charge < -0.3 is 10.1 Å². The molecule has 0 radical (unpaired) electrons. The highest BCUT2D eigenvalue weighted by atomic mass is 32.2. The van der Waals surface area contributed by atoms with Crippen LogP contribution in [0.2, 0.25) is 0 Å². The van der Waals surface area contributed by atoms with Crippen molar-refractivity contribution < 1.29 is 9.13 Å². The molecule has 144 valence electrons. The van der Waals surface area contributed by atoms with Gasteiger partial charge in [-0.2, -0.15) is 0 Å². The molecule has 0 bridgehead atoms. The Labute approximate surface area is 170 Å². The van der Waals surface area contributed by atoms with Gasteiger partial charge in [0.1, 0.15) is 11.4 Å². The Morgan fingerprint density at radius 3 is 2.29 bits per heavy atom. The van der Waals surface area contributed by atoms with Crippen molar-refractivity contribution >= 4 is 11.8 Å². The maximum atomic E-state index is 14.5. The van der Waals surface area contributed by atoms with Gasteiger partial charge in [-0.15, -0.1) is 11.8 Å². The molecule has 1 aliphatic heterocycles. The van der Waals surface area contributed by atoms with Crippen LogP contribution in [0.4, 0.5) is 4.39 Å². The van der Waals surface area contributed by atoms with Crippen LogP contribution in [0.25, 0.3) is 0 Å². The molecule has 1 N–H and O–H groups in total. The number of ether oxygens (including phenoxy) is 1. The van der Waals surface area contributed by atoms with E-state index < -0.39 is 5.60 Å². The van der Waals surface area contributed by atoms with Crippen molar-refractivity contribution in [1.82, 2.24) is 5.32 Å². The predicted molar refractivity (Wildman–Crippen MR) is 113 cm³/mol. The van der Waals surface area contributed by atoms with E-state index in [4.69, 9.17) is 4.74 Å². The topological polar surface area (TPSA) is 21.3 Å². The number of hydrogen-bond acceptors (Lipinski definition) is 3. The predicted octanol–water partition coefficient (Wildman–Crippen LogP) is 5.26. The molecule has 28 heavy (non-hydrogen) atoms. The summed E-state index contributed by atoms with van der Waals surface area (Å²) in [5.74, 6) is -0.188. The first kappa shape index (κ1) is 19.2. The Morgan fingerprint density at radius 2 is 1.61 bits per heavy atom. The summed E-state index contributed by atoms with van der Waals surface area (Å²) in [6, 6.07) is 27.7. The Balaban J connectivity index is 1.76. The SMILES string of the molecule is Fc1ccccc1S[C@@H](c1ccccc1)[C@]1(Cc2ccccc2)CNCCO1. The molecule has 3 aromatic rings. The molecule has 0 unspecified atom stereocenters. The fourth-order valence-corrected chi connectivity index (χ4v) is 5.10. The zero-order valence-corrected chi connectivity index (χ0v) is 16.5. The Hall–Kier alpha value is -2.14. The standard InChI is InChI=1S/C24H24FNOS/c25-21-13-7-8-14-22(21)28-23(20-11-5-2-6-12-20)24(18-26-15-16-27-24)17-19-9-3-1-4-10-19/h1-14,23,26H,15-18H2/t23-,24-/m0/s1. The fraction of sp³-hybridized carbons (Fsp3) is 0.250. The summed E-state index contributed by atoms with van der Waals surface area (Å²) >= 11 is 1.55. The van der Waals surface area contributed by atoms with Gasteiger partial charge in [-0.1, -0.05) is 72.8 Å². The third-order valence-corrected chi connectivity index (χ3v) is 6.62. The second-order valence-corrected chi connectivity index (χ2v) is 8.24. The van der Waals surface area contributed by atoms with E-state index in [0.29, 0.717) is 11.5 Å². The van der Waals surface area contributed by atoms with E-state index in [9.17, 15) is 4.39 Å². The summed E-state index contributed by atoms with van der Waals surface area (Å²) in [6.45, 7) is 2.21. The van der Waals surface area contributed by atoms with Crippen LogP contribution in [0, 0.1) is 5.82 Å². The minimum atomic E-state index is -0.464. The molecule has 1 saturated heterocycles. The van der Waals surface area contributed by atoms with Gasteiger partial charge in [0.05, 0.1) is 11.9 Å². The van der Waals surface area contributed by atoms with Crippen LogP contribution >= 0.6 is 11.8 Å². The molecule has 3 aromatic carbocycles. The Bertz CT molecular complexity index is 881. The maximum absolute atomic E-state index is 14.5. The van der Waals surface area contributed by atoms with Crippen molar-refractivity contribution in [2.45, 2.75) is 22.2 Å². The maximum Gasteiger partial charge on any atom is 0.136 e. The van der Waals surface area contributed by atoms with Gasteiger partial charge in [0.15, 0.2) is 0 Å². The van der Waals surface area contributed by atoms with Crippen molar-refractivity contribution in [3.63, 3.8) is 0 Å². The van der Waals surface area contributed by atoms with E-state index >= 15 is 0 Å². The van der Waals surface area contributed by atoms with E-state index in [2.05, 4.69) is 41.7 Å². The van der Waals surface area contributed by atoms with Gasteiger partial charge in [-0.3, -0.25) is 0 Å². The molecular weight excluding hydrogens is 369 g/mol. The van der Waals surface area contributed by atoms with Crippen LogP contribution in [0.5, 0.6) is 0 Å².